The van der Waals surface area contributed by atoms with Crippen molar-refractivity contribution < 1.29 is 29.5 Å². The van der Waals surface area contributed by atoms with Crippen molar-refractivity contribution in [1.29, 1.82) is 0 Å². The lowest BCUT2D eigenvalue weighted by Gasteiger charge is -2.30. The molecule has 0 aromatic heterocycles. The summed E-state index contributed by atoms with van der Waals surface area (Å²) in [6.07, 6.45) is 2.13. The second kappa shape index (κ2) is 10.4. The molecule has 6 heteroatoms. The summed E-state index contributed by atoms with van der Waals surface area (Å²) in [5.74, 6) is 1.33. The molecule has 1 aromatic carbocycles. The Labute approximate surface area is 150 Å². The minimum absolute atomic E-state index is 0.245. The molecule has 1 atom stereocenters. The molecule has 2 rings (SSSR count). The second-order valence-electron chi connectivity index (χ2n) is 6.62. The maximum Gasteiger partial charge on any atom is 0.161 e. The van der Waals surface area contributed by atoms with E-state index in [-0.39, 0.29) is 13.2 Å². The number of benzene rings is 1. The van der Waals surface area contributed by atoms with Crippen LogP contribution in [0.4, 0.5) is 0 Å². The maximum atomic E-state index is 10.3. The van der Waals surface area contributed by atoms with Gasteiger partial charge in [-0.3, -0.25) is 0 Å². The first-order chi connectivity index (χ1) is 12.2. The lowest BCUT2D eigenvalue weighted by molar-refractivity contribution is -1.01. The third kappa shape index (κ3) is 6.32. The van der Waals surface area contributed by atoms with Gasteiger partial charge in [-0.1, -0.05) is 12.1 Å². The van der Waals surface area contributed by atoms with Gasteiger partial charge >= 0.3 is 0 Å². The van der Waals surface area contributed by atoms with Gasteiger partial charge in [0.15, 0.2) is 11.5 Å². The molecule has 1 heterocycles. The number of hydrogen-bond acceptors (Lipinski definition) is 4. The van der Waals surface area contributed by atoms with Gasteiger partial charge in [0.05, 0.1) is 13.7 Å². The predicted octanol–water partition coefficient (Wildman–Crippen LogP) is -2.06. The third-order valence-electron chi connectivity index (χ3n) is 4.69. The molecule has 1 aromatic rings. The Morgan fingerprint density at radius 1 is 1.20 bits per heavy atom. The predicted molar refractivity (Wildman–Crippen MR) is 96.6 cm³/mol. The molecule has 1 aliphatic rings. The molecule has 4 N–H and O–H groups in total. The van der Waals surface area contributed by atoms with Crippen molar-refractivity contribution >= 4 is 0 Å². The number of methoxy groups -OCH3 is 1. The highest BCUT2D eigenvalue weighted by Crippen LogP contribution is 2.28. The van der Waals surface area contributed by atoms with Crippen molar-refractivity contribution in [2.24, 2.45) is 0 Å². The van der Waals surface area contributed by atoms with Crippen LogP contribution in [-0.2, 0) is 6.42 Å². The standard InChI is InChI=1S/C19H30N2O4/c1-3-4-16-5-6-18(19(13-16)24-2)25-15-17(23)14-21-9-7-20(8-10-21)11-12-22/h3,5-6,13,17,22-23H,1,4,7-12,14-15H2,2H3/p+2/t17-/m0/s1. The SMILES string of the molecule is C=CCc1ccc(OC[C@@H](O)C[NH+]2CC[NH+](CCO)CC2)c(OC)c1. The Morgan fingerprint density at radius 3 is 2.56 bits per heavy atom. The fourth-order valence-corrected chi connectivity index (χ4v) is 3.27. The first kappa shape index (κ1) is 19.7. The van der Waals surface area contributed by atoms with Crippen LogP contribution in [0.15, 0.2) is 30.9 Å². The quantitative estimate of drug-likeness (QED) is 0.366. The van der Waals surface area contributed by atoms with Gasteiger partial charge < -0.3 is 29.5 Å². The summed E-state index contributed by atoms with van der Waals surface area (Å²) >= 11 is 0. The third-order valence-corrected chi connectivity index (χ3v) is 4.69. The smallest absolute Gasteiger partial charge is 0.161 e. The molecule has 0 saturated carbocycles. The van der Waals surface area contributed by atoms with Gasteiger partial charge in [-0.05, 0) is 24.1 Å². The van der Waals surface area contributed by atoms with Gasteiger partial charge in [0, 0.05) is 0 Å². The molecule has 0 aliphatic carbocycles. The fraction of sp³-hybridized carbons (Fsp3) is 0.579. The number of rotatable bonds is 10. The van der Waals surface area contributed by atoms with E-state index in [2.05, 4.69) is 6.58 Å². The summed E-state index contributed by atoms with van der Waals surface area (Å²) in [5, 5.41) is 19.3. The number of aliphatic hydroxyl groups excluding tert-OH is 2. The zero-order valence-electron chi connectivity index (χ0n) is 15.2. The first-order valence-corrected chi connectivity index (χ1v) is 9.03. The number of quaternary nitrogens is 2. The maximum absolute atomic E-state index is 10.3. The van der Waals surface area contributed by atoms with Crippen LogP contribution in [0.25, 0.3) is 0 Å². The Kier molecular flexibility index (Phi) is 8.21. The van der Waals surface area contributed by atoms with Crippen molar-refractivity contribution in [1.82, 2.24) is 0 Å². The van der Waals surface area contributed by atoms with Gasteiger partial charge in [-0.25, -0.2) is 0 Å². The number of nitrogens with one attached hydrogen (secondary N) is 2. The van der Waals surface area contributed by atoms with E-state index in [4.69, 9.17) is 14.6 Å². The van der Waals surface area contributed by atoms with Crippen LogP contribution in [-0.4, -0.2) is 75.9 Å². The minimum atomic E-state index is -0.507. The van der Waals surface area contributed by atoms with Gasteiger partial charge in [0.2, 0.25) is 0 Å². The van der Waals surface area contributed by atoms with Crippen molar-refractivity contribution in [3.63, 3.8) is 0 Å². The van der Waals surface area contributed by atoms with E-state index in [0.29, 0.717) is 18.0 Å². The van der Waals surface area contributed by atoms with E-state index in [1.54, 1.807) is 7.11 Å². The van der Waals surface area contributed by atoms with E-state index in [1.165, 1.54) is 9.80 Å². The van der Waals surface area contributed by atoms with Crippen molar-refractivity contribution in [3.05, 3.63) is 36.4 Å². The van der Waals surface area contributed by atoms with Crippen LogP contribution in [0.5, 0.6) is 11.5 Å². The number of hydrogen-bond donors (Lipinski definition) is 4. The molecule has 0 radical (unpaired) electrons. The van der Waals surface area contributed by atoms with Crippen LogP contribution in [0.1, 0.15) is 5.56 Å². The van der Waals surface area contributed by atoms with Gasteiger partial charge in [0.25, 0.3) is 0 Å². The van der Waals surface area contributed by atoms with Crippen LogP contribution in [0.3, 0.4) is 0 Å². The van der Waals surface area contributed by atoms with E-state index in [1.807, 2.05) is 24.3 Å². The number of aliphatic hydroxyl groups is 2. The molecule has 1 aliphatic heterocycles. The Morgan fingerprint density at radius 2 is 1.92 bits per heavy atom. The highest BCUT2D eigenvalue weighted by Gasteiger charge is 2.24. The van der Waals surface area contributed by atoms with Crippen LogP contribution >= 0.6 is 0 Å². The average molecular weight is 352 g/mol. The number of piperazine rings is 1. The van der Waals surface area contributed by atoms with Gasteiger partial charge in [-0.2, -0.15) is 0 Å². The molecule has 0 spiro atoms. The summed E-state index contributed by atoms with van der Waals surface area (Å²) in [5.41, 5.74) is 1.12. The van der Waals surface area contributed by atoms with E-state index < -0.39 is 6.10 Å². The van der Waals surface area contributed by atoms with Crippen LogP contribution in [0.2, 0.25) is 0 Å². The van der Waals surface area contributed by atoms with E-state index in [0.717, 1.165) is 44.7 Å². The summed E-state index contributed by atoms with van der Waals surface area (Å²) in [4.78, 5) is 2.84. The highest BCUT2D eigenvalue weighted by molar-refractivity contribution is 5.43. The van der Waals surface area contributed by atoms with E-state index in [9.17, 15) is 5.11 Å². The molecular formula is C19H32N2O4+2. The van der Waals surface area contributed by atoms with Crippen molar-refractivity contribution in [2.75, 3.05) is 59.6 Å². The molecule has 25 heavy (non-hydrogen) atoms. The molecule has 6 nitrogen and oxygen atoms in total. The molecule has 0 bridgehead atoms. The molecule has 1 fully saturated rings. The zero-order chi connectivity index (χ0) is 18.1. The largest absolute Gasteiger partial charge is 0.493 e. The van der Waals surface area contributed by atoms with Crippen molar-refractivity contribution in [3.8, 4) is 11.5 Å². The monoisotopic (exact) mass is 352 g/mol. The minimum Gasteiger partial charge on any atom is -0.493 e. The average Bonchev–Trinajstić information content (AvgIpc) is 2.62. The fourth-order valence-electron chi connectivity index (χ4n) is 3.27. The summed E-state index contributed by atoms with van der Waals surface area (Å²) < 4.78 is 11.2. The number of ether oxygens (including phenoxy) is 2. The molecule has 0 amide bonds. The summed E-state index contributed by atoms with van der Waals surface area (Å²) in [7, 11) is 1.62. The molecule has 1 saturated heterocycles. The molecule has 0 unspecified atom stereocenters. The molecular weight excluding hydrogens is 320 g/mol. The molecule has 140 valence electrons. The zero-order valence-corrected chi connectivity index (χ0v) is 15.2. The number of allylic oxidation sites excluding steroid dienone is 1. The Bertz CT molecular complexity index is 530. The lowest BCUT2D eigenvalue weighted by Crippen LogP contribution is -3.28. The lowest BCUT2D eigenvalue weighted by atomic mass is 10.1. The first-order valence-electron chi connectivity index (χ1n) is 9.03. The normalized spacial score (nSPS) is 21.6. The van der Waals surface area contributed by atoms with Gasteiger partial charge in [-0.15, -0.1) is 6.58 Å². The van der Waals surface area contributed by atoms with E-state index >= 15 is 0 Å². The summed E-state index contributed by atoms with van der Waals surface area (Å²) in [6, 6.07) is 5.81. The Hall–Kier alpha value is -1.60. The topological polar surface area (TPSA) is 67.8 Å². The van der Waals surface area contributed by atoms with Crippen molar-refractivity contribution in [2.45, 2.75) is 12.5 Å². The van der Waals surface area contributed by atoms with Crippen LogP contribution < -0.4 is 19.3 Å². The highest BCUT2D eigenvalue weighted by atomic mass is 16.5. The second-order valence-corrected chi connectivity index (χ2v) is 6.62. The van der Waals surface area contributed by atoms with Gasteiger partial charge in [0.1, 0.15) is 52.0 Å². The Balaban J connectivity index is 1.78. The summed E-state index contributed by atoms with van der Waals surface area (Å²) in [6.45, 7) is 9.88. The van der Waals surface area contributed by atoms with Crippen LogP contribution in [0, 0.1) is 0 Å².